The van der Waals surface area contributed by atoms with Crippen LogP contribution in [0, 0.1) is 6.92 Å². The molecule has 0 heterocycles. The summed E-state index contributed by atoms with van der Waals surface area (Å²) in [6, 6.07) is 2.90. The van der Waals surface area contributed by atoms with Crippen LogP contribution >= 0.6 is 15.9 Å². The summed E-state index contributed by atoms with van der Waals surface area (Å²) in [6.45, 7) is 1.66. The second kappa shape index (κ2) is 4.52. The number of nitrogens with two attached hydrogens (primary N) is 1. The van der Waals surface area contributed by atoms with Gasteiger partial charge in [0.25, 0.3) is 0 Å². The molecule has 0 atom stereocenters. The molecule has 0 radical (unpaired) electrons. The molecule has 0 saturated carbocycles. The number of esters is 1. The Kier molecular flexibility index (Phi) is 3.72. The number of ether oxygens (including phenoxy) is 1. The number of aryl methyl sites for hydroxylation is 1. The number of halogens is 1. The molecule has 0 aliphatic heterocycles. The fraction of sp³-hybridized carbons (Fsp3) is 0.222. The van der Waals surface area contributed by atoms with Gasteiger partial charge >= 0.3 is 5.97 Å². The molecule has 2 N–H and O–H groups in total. The summed E-state index contributed by atoms with van der Waals surface area (Å²) >= 11 is 3.03. The van der Waals surface area contributed by atoms with E-state index < -0.39 is 16.0 Å². The monoisotopic (exact) mass is 307 g/mol. The SMILES string of the molecule is COC(=O)c1cc(C)cc(S(N)(=O)=O)c1Br. The lowest BCUT2D eigenvalue weighted by atomic mass is 10.1. The normalized spacial score (nSPS) is 11.2. The van der Waals surface area contributed by atoms with Crippen LogP contribution in [0.2, 0.25) is 0 Å². The van der Waals surface area contributed by atoms with Crippen LogP contribution in [0.25, 0.3) is 0 Å². The molecule has 1 aromatic rings. The molecule has 16 heavy (non-hydrogen) atoms. The molecule has 0 fully saturated rings. The van der Waals surface area contributed by atoms with Gasteiger partial charge in [-0.05, 0) is 40.5 Å². The maximum Gasteiger partial charge on any atom is 0.339 e. The molecule has 0 aliphatic carbocycles. The molecule has 5 nitrogen and oxygen atoms in total. The Balaban J connectivity index is 3.56. The maximum atomic E-state index is 11.4. The Morgan fingerprint density at radius 1 is 1.44 bits per heavy atom. The van der Waals surface area contributed by atoms with Gasteiger partial charge in [-0.2, -0.15) is 0 Å². The van der Waals surface area contributed by atoms with Crippen molar-refractivity contribution in [3.8, 4) is 0 Å². The first-order valence-corrected chi connectivity index (χ1v) is 6.52. The predicted octanol–water partition coefficient (Wildman–Crippen LogP) is 1.19. The third-order valence-corrected chi connectivity index (χ3v) is 3.95. The van der Waals surface area contributed by atoms with Crippen LogP contribution in [0.3, 0.4) is 0 Å². The third kappa shape index (κ3) is 2.60. The molecule has 88 valence electrons. The molecule has 1 aromatic carbocycles. The standard InChI is InChI=1S/C9H10BrNO4S/c1-5-3-6(9(12)15-2)8(10)7(4-5)16(11,13)14/h3-4H,1-2H3,(H2,11,13,14). The summed E-state index contributed by atoms with van der Waals surface area (Å²) in [5.41, 5.74) is 0.735. The summed E-state index contributed by atoms with van der Waals surface area (Å²) in [7, 11) is -2.66. The van der Waals surface area contributed by atoms with Crippen molar-refractivity contribution in [1.82, 2.24) is 0 Å². The highest BCUT2D eigenvalue weighted by Gasteiger charge is 2.20. The van der Waals surface area contributed by atoms with E-state index in [1.165, 1.54) is 19.2 Å². The van der Waals surface area contributed by atoms with Gasteiger partial charge in [-0.15, -0.1) is 0 Å². The van der Waals surface area contributed by atoms with Gasteiger partial charge in [0, 0.05) is 0 Å². The van der Waals surface area contributed by atoms with Crippen LogP contribution in [0.5, 0.6) is 0 Å². The van der Waals surface area contributed by atoms with Gasteiger partial charge in [-0.3, -0.25) is 0 Å². The van der Waals surface area contributed by atoms with Gasteiger partial charge in [0.15, 0.2) is 0 Å². The van der Waals surface area contributed by atoms with E-state index in [9.17, 15) is 13.2 Å². The molecule has 0 saturated heterocycles. The quantitative estimate of drug-likeness (QED) is 0.832. The van der Waals surface area contributed by atoms with E-state index in [2.05, 4.69) is 20.7 Å². The number of carbonyl (C=O) groups excluding carboxylic acids is 1. The summed E-state index contributed by atoms with van der Waals surface area (Å²) in [4.78, 5) is 11.2. The number of carbonyl (C=O) groups is 1. The molecule has 7 heteroatoms. The van der Waals surface area contributed by atoms with Crippen LogP contribution in [-0.2, 0) is 14.8 Å². The molecular weight excluding hydrogens is 298 g/mol. The molecule has 0 bridgehead atoms. The molecular formula is C9H10BrNO4S. The first kappa shape index (κ1) is 13.1. The summed E-state index contributed by atoms with van der Waals surface area (Å²) in [6.07, 6.45) is 0. The fourth-order valence-electron chi connectivity index (χ4n) is 1.20. The van der Waals surface area contributed by atoms with Crippen molar-refractivity contribution < 1.29 is 17.9 Å². The second-order valence-corrected chi connectivity index (χ2v) is 5.48. The number of rotatable bonds is 2. The van der Waals surface area contributed by atoms with E-state index in [1.807, 2.05) is 0 Å². The largest absolute Gasteiger partial charge is 0.465 e. The summed E-state index contributed by atoms with van der Waals surface area (Å²) in [5, 5.41) is 5.03. The Bertz CT molecular complexity index is 539. The Labute approximate surface area is 102 Å². The first-order valence-electron chi connectivity index (χ1n) is 4.18. The number of hydrogen-bond acceptors (Lipinski definition) is 4. The van der Waals surface area contributed by atoms with E-state index in [0.29, 0.717) is 5.56 Å². The topological polar surface area (TPSA) is 86.5 Å². The Hall–Kier alpha value is -0.920. The van der Waals surface area contributed by atoms with E-state index in [-0.39, 0.29) is 14.9 Å². The number of benzene rings is 1. The van der Waals surface area contributed by atoms with Crippen molar-refractivity contribution in [2.24, 2.45) is 5.14 Å². The molecule has 0 aliphatic rings. The number of hydrogen-bond donors (Lipinski definition) is 1. The van der Waals surface area contributed by atoms with E-state index in [4.69, 9.17) is 5.14 Å². The highest BCUT2D eigenvalue weighted by atomic mass is 79.9. The van der Waals surface area contributed by atoms with Crippen molar-refractivity contribution in [3.05, 3.63) is 27.7 Å². The van der Waals surface area contributed by atoms with Crippen molar-refractivity contribution in [3.63, 3.8) is 0 Å². The van der Waals surface area contributed by atoms with Crippen LogP contribution < -0.4 is 5.14 Å². The second-order valence-electron chi connectivity index (χ2n) is 3.16. The van der Waals surface area contributed by atoms with Gasteiger partial charge in [-0.25, -0.2) is 18.4 Å². The predicted molar refractivity (Wildman–Crippen MR) is 61.6 cm³/mol. The van der Waals surface area contributed by atoms with Gasteiger partial charge in [0.1, 0.15) is 0 Å². The first-order chi connectivity index (χ1) is 7.27. The Morgan fingerprint density at radius 3 is 2.44 bits per heavy atom. The Morgan fingerprint density at radius 2 is 2.00 bits per heavy atom. The van der Waals surface area contributed by atoms with Gasteiger partial charge in [0.2, 0.25) is 10.0 Å². The van der Waals surface area contributed by atoms with Crippen LogP contribution in [0.1, 0.15) is 15.9 Å². The van der Waals surface area contributed by atoms with Gasteiger partial charge in [-0.1, -0.05) is 0 Å². The van der Waals surface area contributed by atoms with Crippen LogP contribution in [0.15, 0.2) is 21.5 Å². The zero-order valence-electron chi connectivity index (χ0n) is 8.65. The minimum absolute atomic E-state index is 0.118. The lowest BCUT2D eigenvalue weighted by Crippen LogP contribution is -2.15. The van der Waals surface area contributed by atoms with E-state index >= 15 is 0 Å². The number of primary sulfonamides is 1. The molecule has 0 spiro atoms. The molecule has 0 aromatic heterocycles. The van der Waals surface area contributed by atoms with Gasteiger partial charge in [0.05, 0.1) is 22.0 Å². The van der Waals surface area contributed by atoms with Crippen molar-refractivity contribution >= 4 is 31.9 Å². The smallest absolute Gasteiger partial charge is 0.339 e. The van der Waals surface area contributed by atoms with Crippen molar-refractivity contribution in [2.45, 2.75) is 11.8 Å². The average Bonchev–Trinajstić information content (AvgIpc) is 2.18. The molecule has 0 amide bonds. The van der Waals surface area contributed by atoms with Crippen LogP contribution in [0.4, 0.5) is 0 Å². The lowest BCUT2D eigenvalue weighted by molar-refractivity contribution is 0.0599. The average molecular weight is 308 g/mol. The van der Waals surface area contributed by atoms with Crippen molar-refractivity contribution in [1.29, 1.82) is 0 Å². The minimum Gasteiger partial charge on any atom is -0.465 e. The summed E-state index contributed by atoms with van der Waals surface area (Å²) in [5.74, 6) is -0.625. The van der Waals surface area contributed by atoms with Crippen LogP contribution in [-0.4, -0.2) is 21.5 Å². The maximum absolute atomic E-state index is 11.4. The zero-order valence-corrected chi connectivity index (χ0v) is 11.1. The number of sulfonamides is 1. The molecule has 1 rings (SSSR count). The lowest BCUT2D eigenvalue weighted by Gasteiger charge is -2.08. The fourth-order valence-corrected chi connectivity index (χ4v) is 2.98. The number of methoxy groups -OCH3 is 1. The zero-order chi connectivity index (χ0) is 12.5. The third-order valence-electron chi connectivity index (χ3n) is 1.90. The van der Waals surface area contributed by atoms with E-state index in [0.717, 1.165) is 0 Å². The van der Waals surface area contributed by atoms with Gasteiger partial charge < -0.3 is 4.74 Å². The van der Waals surface area contributed by atoms with E-state index in [1.54, 1.807) is 6.92 Å². The highest BCUT2D eigenvalue weighted by molar-refractivity contribution is 9.10. The molecule has 0 unspecified atom stereocenters. The summed E-state index contributed by atoms with van der Waals surface area (Å²) < 4.78 is 27.2. The highest BCUT2D eigenvalue weighted by Crippen LogP contribution is 2.27. The van der Waals surface area contributed by atoms with Crippen molar-refractivity contribution in [2.75, 3.05) is 7.11 Å². The minimum atomic E-state index is -3.87.